The Hall–Kier alpha value is -2.10. The van der Waals surface area contributed by atoms with E-state index in [1.165, 1.54) is 24.0 Å². The maximum atomic E-state index is 5.38. The van der Waals surface area contributed by atoms with Crippen LogP contribution in [-0.2, 0) is 0 Å². The number of benzene rings is 1. The van der Waals surface area contributed by atoms with E-state index in [9.17, 15) is 0 Å². The third-order valence-electron chi connectivity index (χ3n) is 3.86. The van der Waals surface area contributed by atoms with Gasteiger partial charge in [-0.2, -0.15) is 0 Å². The predicted molar refractivity (Wildman–Crippen MR) is 124 cm³/mol. The van der Waals surface area contributed by atoms with Crippen LogP contribution in [0.15, 0.2) is 35.4 Å². The van der Waals surface area contributed by atoms with Gasteiger partial charge in [0.1, 0.15) is 0 Å². The van der Waals surface area contributed by atoms with E-state index in [4.69, 9.17) is 14.2 Å². The van der Waals surface area contributed by atoms with Crippen molar-refractivity contribution in [2.75, 3.05) is 33.2 Å². The summed E-state index contributed by atoms with van der Waals surface area (Å²) in [5, 5.41) is 3.44. The summed E-state index contributed by atoms with van der Waals surface area (Å²) in [5.74, 6) is 1.94. The van der Waals surface area contributed by atoms with Crippen molar-refractivity contribution in [2.45, 2.75) is 67.7 Å². The minimum Gasteiger partial charge on any atom is -0.493 e. The van der Waals surface area contributed by atoms with E-state index in [2.05, 4.69) is 24.4 Å². The molecule has 1 aliphatic carbocycles. The van der Waals surface area contributed by atoms with E-state index in [0.29, 0.717) is 17.2 Å². The third kappa shape index (κ3) is 9.72. The van der Waals surface area contributed by atoms with E-state index in [1.807, 2.05) is 53.7 Å². The second-order valence-corrected chi connectivity index (χ2v) is 5.46. The first kappa shape index (κ1) is 28.1. The van der Waals surface area contributed by atoms with Gasteiger partial charge in [0.25, 0.3) is 0 Å². The third-order valence-corrected chi connectivity index (χ3v) is 3.86. The highest BCUT2D eigenvalue weighted by Crippen LogP contribution is 2.40. The number of ether oxygens (including phenoxy) is 3. The highest BCUT2D eigenvalue weighted by molar-refractivity contribution is 5.62. The number of nitrogens with one attached hydrogen (secondary N) is 1. The highest BCUT2D eigenvalue weighted by atomic mass is 16.5. The van der Waals surface area contributed by atoms with Gasteiger partial charge in [-0.05, 0) is 26.2 Å². The summed E-state index contributed by atoms with van der Waals surface area (Å²) in [7, 11) is 4.86. The molecule has 0 amide bonds. The summed E-state index contributed by atoms with van der Waals surface area (Å²) in [6.45, 7) is 15.0. The van der Waals surface area contributed by atoms with Crippen LogP contribution in [0.3, 0.4) is 0 Å². The molecule has 162 valence electrons. The Balaban J connectivity index is 0. The first-order valence-corrected chi connectivity index (χ1v) is 10.6. The Morgan fingerprint density at radius 3 is 1.79 bits per heavy atom. The van der Waals surface area contributed by atoms with Crippen molar-refractivity contribution in [3.05, 3.63) is 35.4 Å². The van der Waals surface area contributed by atoms with E-state index >= 15 is 0 Å². The van der Waals surface area contributed by atoms with Crippen molar-refractivity contribution in [3.8, 4) is 17.2 Å². The van der Waals surface area contributed by atoms with Crippen molar-refractivity contribution in [1.82, 2.24) is 0 Å². The average molecular weight is 394 g/mol. The summed E-state index contributed by atoms with van der Waals surface area (Å²) in [5.41, 5.74) is 3.81. The molecule has 1 N–H and O–H groups in total. The Kier molecular flexibility index (Phi) is 18.3. The fraction of sp³-hybridized carbons (Fsp3) is 0.583. The molecule has 0 unspecified atom stereocenters. The zero-order valence-corrected chi connectivity index (χ0v) is 19.9. The van der Waals surface area contributed by atoms with Gasteiger partial charge < -0.3 is 19.5 Å². The molecule has 0 atom stereocenters. The van der Waals surface area contributed by atoms with Crippen LogP contribution in [0.4, 0.5) is 5.69 Å². The van der Waals surface area contributed by atoms with Gasteiger partial charge in [-0.3, -0.25) is 0 Å². The van der Waals surface area contributed by atoms with Crippen molar-refractivity contribution in [3.63, 3.8) is 0 Å². The van der Waals surface area contributed by atoms with Gasteiger partial charge in [-0.1, -0.05) is 64.8 Å². The molecule has 2 rings (SSSR count). The summed E-state index contributed by atoms with van der Waals surface area (Å²) in [6.07, 6.45) is 7.98. The fourth-order valence-corrected chi connectivity index (χ4v) is 2.57. The monoisotopic (exact) mass is 393 g/mol. The minimum absolute atomic E-state index is 0.614. The fourth-order valence-electron chi connectivity index (χ4n) is 2.57. The maximum absolute atomic E-state index is 5.38. The van der Waals surface area contributed by atoms with Crippen LogP contribution in [-0.4, -0.2) is 27.9 Å². The smallest absolute Gasteiger partial charge is 0.203 e. The van der Waals surface area contributed by atoms with E-state index in [-0.39, 0.29) is 0 Å². The molecule has 0 heterocycles. The van der Waals surface area contributed by atoms with Crippen molar-refractivity contribution in [2.24, 2.45) is 0 Å². The Morgan fingerprint density at radius 2 is 1.32 bits per heavy atom. The molecule has 0 spiro atoms. The van der Waals surface area contributed by atoms with Gasteiger partial charge in [0.15, 0.2) is 11.5 Å². The second-order valence-electron chi connectivity index (χ2n) is 5.46. The quantitative estimate of drug-likeness (QED) is 0.552. The topological polar surface area (TPSA) is 39.7 Å². The number of rotatable bonds is 6. The van der Waals surface area contributed by atoms with Gasteiger partial charge >= 0.3 is 0 Å². The van der Waals surface area contributed by atoms with Crippen LogP contribution in [0.5, 0.6) is 17.2 Å². The molecule has 1 aromatic carbocycles. The summed E-state index contributed by atoms with van der Waals surface area (Å²) < 4.78 is 16.1. The zero-order chi connectivity index (χ0) is 21.9. The van der Waals surface area contributed by atoms with Crippen LogP contribution >= 0.6 is 0 Å². The number of allylic oxidation sites excluding steroid dienone is 3. The van der Waals surface area contributed by atoms with Crippen LogP contribution in [0.1, 0.15) is 67.7 Å². The molecule has 0 saturated carbocycles. The normalized spacial score (nSPS) is 12.1. The minimum atomic E-state index is 0.614. The lowest BCUT2D eigenvalue weighted by Gasteiger charge is -2.15. The lowest BCUT2D eigenvalue weighted by Crippen LogP contribution is -2.06. The number of anilines is 1. The van der Waals surface area contributed by atoms with Crippen molar-refractivity contribution < 1.29 is 14.2 Å². The van der Waals surface area contributed by atoms with Crippen molar-refractivity contribution >= 4 is 5.69 Å². The van der Waals surface area contributed by atoms with E-state index < -0.39 is 0 Å². The molecule has 1 aliphatic rings. The van der Waals surface area contributed by atoms with Crippen molar-refractivity contribution in [1.29, 1.82) is 0 Å². The van der Waals surface area contributed by atoms with E-state index in [0.717, 1.165) is 18.7 Å². The van der Waals surface area contributed by atoms with Crippen LogP contribution < -0.4 is 19.5 Å². The Morgan fingerprint density at radius 1 is 0.786 bits per heavy atom. The van der Waals surface area contributed by atoms with Gasteiger partial charge in [-0.25, -0.2) is 0 Å². The summed E-state index contributed by atoms with van der Waals surface area (Å²) in [4.78, 5) is 0. The zero-order valence-electron chi connectivity index (χ0n) is 19.9. The van der Waals surface area contributed by atoms with Gasteiger partial charge in [-0.15, -0.1) is 0 Å². The SMILES string of the molecule is CC.CC.CC.COc1cc(NCC2=CC=C(C)CCC2)cc(OC)c1OC. The van der Waals surface area contributed by atoms with E-state index in [1.54, 1.807) is 21.3 Å². The molecule has 1 aromatic rings. The maximum Gasteiger partial charge on any atom is 0.203 e. The molecular weight excluding hydrogens is 350 g/mol. The highest BCUT2D eigenvalue weighted by Gasteiger charge is 2.13. The summed E-state index contributed by atoms with van der Waals surface area (Å²) >= 11 is 0. The van der Waals surface area contributed by atoms with Gasteiger partial charge in [0.2, 0.25) is 5.75 Å². The Bertz CT molecular complexity index is 552. The number of hydrogen-bond donors (Lipinski definition) is 1. The van der Waals surface area contributed by atoms with Gasteiger partial charge in [0.05, 0.1) is 21.3 Å². The predicted octanol–water partition coefficient (Wildman–Crippen LogP) is 7.26. The molecule has 0 aromatic heterocycles. The second kappa shape index (κ2) is 18.3. The molecule has 0 aliphatic heterocycles. The number of methoxy groups -OCH3 is 3. The average Bonchev–Trinajstić information content (AvgIpc) is 2.99. The van der Waals surface area contributed by atoms with Crippen LogP contribution in [0, 0.1) is 0 Å². The molecular formula is C24H43NO3. The summed E-state index contributed by atoms with van der Waals surface area (Å²) in [6, 6.07) is 3.86. The molecule has 0 bridgehead atoms. The lowest BCUT2D eigenvalue weighted by atomic mass is 10.1. The standard InChI is InChI=1S/C18H25NO3.3C2H6/c1-13-6-5-7-14(9-8-13)12-19-15-10-16(20-2)18(22-4)17(11-15)21-3;3*1-2/h8-11,19H,5-7,12H2,1-4H3;3*1-2H3. The molecule has 0 saturated heterocycles. The largest absolute Gasteiger partial charge is 0.493 e. The molecule has 4 heteroatoms. The lowest BCUT2D eigenvalue weighted by molar-refractivity contribution is 0.324. The molecule has 0 fully saturated rings. The Labute approximate surface area is 174 Å². The molecule has 0 radical (unpaired) electrons. The first-order valence-electron chi connectivity index (χ1n) is 10.6. The first-order chi connectivity index (χ1) is 13.7. The number of hydrogen-bond acceptors (Lipinski definition) is 4. The van der Waals surface area contributed by atoms with Crippen LogP contribution in [0.2, 0.25) is 0 Å². The van der Waals surface area contributed by atoms with Crippen LogP contribution in [0.25, 0.3) is 0 Å². The molecule has 4 nitrogen and oxygen atoms in total. The van der Waals surface area contributed by atoms with Gasteiger partial charge in [0, 0.05) is 24.4 Å². The molecule has 28 heavy (non-hydrogen) atoms.